The molecule has 0 saturated heterocycles. The molecule has 0 fully saturated rings. The first-order valence-corrected chi connectivity index (χ1v) is 7.23. The number of fused-ring (bicyclic) bond motifs is 1. The Kier molecular flexibility index (Phi) is 3.96. The topological polar surface area (TPSA) is 94.5 Å². The number of aromatic nitrogens is 3. The van der Waals surface area contributed by atoms with Crippen LogP contribution in [0.1, 0.15) is 16.8 Å². The summed E-state index contributed by atoms with van der Waals surface area (Å²) in [7, 11) is 0. The Bertz CT molecular complexity index is 990. The lowest BCUT2D eigenvalue weighted by Gasteiger charge is -2.07. The Balaban J connectivity index is 1.87. The zero-order valence-corrected chi connectivity index (χ0v) is 13.0. The molecule has 23 heavy (non-hydrogen) atoms. The summed E-state index contributed by atoms with van der Waals surface area (Å²) in [5, 5.41) is 13.3. The summed E-state index contributed by atoms with van der Waals surface area (Å²) in [5.74, 6) is 0.368. The summed E-state index contributed by atoms with van der Waals surface area (Å²) in [6, 6.07) is 9.08. The number of hydrogen-bond acceptors (Lipinski definition) is 5. The summed E-state index contributed by atoms with van der Waals surface area (Å²) in [6.45, 7) is 2.00. The number of benzene rings is 1. The molecule has 2 heterocycles. The average Bonchev–Trinajstić information content (AvgIpc) is 2.53. The largest absolute Gasteiger partial charge is 0.350 e. The molecule has 3 aromatic rings. The minimum atomic E-state index is -0.183. The number of nitrogens with one attached hydrogen (secondary N) is 2. The van der Waals surface area contributed by atoms with Crippen LogP contribution in [0.3, 0.4) is 0 Å². The fraction of sp³-hybridized carbons (Fsp3) is 0.125. The van der Waals surface area contributed by atoms with Crippen molar-refractivity contribution in [3.05, 3.63) is 62.7 Å². The molecule has 114 valence electrons. The molecule has 0 atom stereocenters. The van der Waals surface area contributed by atoms with Crippen molar-refractivity contribution in [2.75, 3.05) is 5.32 Å². The number of halogens is 1. The molecule has 0 aliphatic carbocycles. The molecule has 0 radical (unpaired) electrons. The van der Waals surface area contributed by atoms with E-state index in [2.05, 4.69) is 20.3 Å². The number of hydrogen-bond donors (Lipinski definition) is 2. The van der Waals surface area contributed by atoms with E-state index in [-0.39, 0.29) is 12.1 Å². The highest BCUT2D eigenvalue weighted by molar-refractivity contribution is 6.31. The monoisotopic (exact) mass is 325 g/mol. The lowest BCUT2D eigenvalue weighted by molar-refractivity contribution is 1.01. The number of aromatic amines is 1. The average molecular weight is 326 g/mol. The molecule has 0 unspecified atom stereocenters. The molecule has 0 aliphatic heterocycles. The van der Waals surface area contributed by atoms with E-state index in [0.717, 1.165) is 10.9 Å². The molecule has 0 spiro atoms. The summed E-state index contributed by atoms with van der Waals surface area (Å²) in [6.07, 6.45) is 1.45. The maximum Gasteiger partial charge on any atom is 0.253 e. The minimum Gasteiger partial charge on any atom is -0.350 e. The van der Waals surface area contributed by atoms with Crippen molar-refractivity contribution >= 4 is 28.5 Å². The van der Waals surface area contributed by atoms with Crippen molar-refractivity contribution in [2.45, 2.75) is 13.5 Å². The number of pyridine rings is 1. The maximum absolute atomic E-state index is 12.1. The van der Waals surface area contributed by atoms with Crippen LogP contribution in [0.25, 0.3) is 10.9 Å². The molecule has 0 saturated carbocycles. The fourth-order valence-corrected chi connectivity index (χ4v) is 2.37. The van der Waals surface area contributed by atoms with Gasteiger partial charge in [0.1, 0.15) is 6.07 Å². The first-order valence-electron chi connectivity index (χ1n) is 6.86. The summed E-state index contributed by atoms with van der Waals surface area (Å²) in [4.78, 5) is 23.1. The number of nitriles is 1. The van der Waals surface area contributed by atoms with E-state index >= 15 is 0 Å². The third-order valence-electron chi connectivity index (χ3n) is 3.42. The quantitative estimate of drug-likeness (QED) is 0.772. The second-order valence-electron chi connectivity index (χ2n) is 5.01. The van der Waals surface area contributed by atoms with Gasteiger partial charge in [-0.15, -0.1) is 0 Å². The predicted octanol–water partition coefficient (Wildman–Crippen LogP) is 2.76. The van der Waals surface area contributed by atoms with Crippen LogP contribution in [0.2, 0.25) is 5.02 Å². The van der Waals surface area contributed by atoms with E-state index in [9.17, 15) is 4.79 Å². The van der Waals surface area contributed by atoms with Crippen LogP contribution in [-0.4, -0.2) is 15.0 Å². The Labute approximate surface area is 136 Å². The number of rotatable bonds is 3. The zero-order chi connectivity index (χ0) is 16.4. The van der Waals surface area contributed by atoms with Gasteiger partial charge >= 0.3 is 0 Å². The van der Waals surface area contributed by atoms with Crippen LogP contribution in [-0.2, 0) is 6.54 Å². The van der Waals surface area contributed by atoms with E-state index in [4.69, 9.17) is 16.9 Å². The van der Waals surface area contributed by atoms with E-state index < -0.39 is 0 Å². The number of nitrogens with zero attached hydrogens (tertiary/aromatic N) is 3. The van der Waals surface area contributed by atoms with Gasteiger partial charge in [-0.25, -0.2) is 9.97 Å². The molecular formula is C16H12ClN5O. The van der Waals surface area contributed by atoms with E-state index in [1.807, 2.05) is 6.07 Å². The SMILES string of the molecule is Cc1nc(NCc2cc3cc(Cl)ccc3[nH]c2=O)ncc1C#N. The molecule has 0 amide bonds. The van der Waals surface area contributed by atoms with E-state index in [1.165, 1.54) is 6.20 Å². The van der Waals surface area contributed by atoms with Gasteiger partial charge in [-0.05, 0) is 31.2 Å². The van der Waals surface area contributed by atoms with Crippen LogP contribution in [0, 0.1) is 18.3 Å². The van der Waals surface area contributed by atoms with Gasteiger partial charge in [-0.2, -0.15) is 5.26 Å². The van der Waals surface area contributed by atoms with Crippen LogP contribution < -0.4 is 10.9 Å². The number of H-pyrrole nitrogens is 1. The van der Waals surface area contributed by atoms with Gasteiger partial charge in [0.2, 0.25) is 5.95 Å². The molecule has 6 nitrogen and oxygen atoms in total. The van der Waals surface area contributed by atoms with E-state index in [1.54, 1.807) is 31.2 Å². The highest BCUT2D eigenvalue weighted by Crippen LogP contribution is 2.17. The smallest absolute Gasteiger partial charge is 0.253 e. The van der Waals surface area contributed by atoms with Gasteiger partial charge in [0.05, 0.1) is 17.5 Å². The maximum atomic E-state index is 12.1. The zero-order valence-electron chi connectivity index (χ0n) is 12.2. The molecule has 7 heteroatoms. The second kappa shape index (κ2) is 6.07. The third kappa shape index (κ3) is 3.15. The predicted molar refractivity (Wildman–Crippen MR) is 88.4 cm³/mol. The Morgan fingerprint density at radius 2 is 2.22 bits per heavy atom. The van der Waals surface area contributed by atoms with Gasteiger partial charge < -0.3 is 10.3 Å². The van der Waals surface area contributed by atoms with Gasteiger partial charge in [0, 0.05) is 28.0 Å². The van der Waals surface area contributed by atoms with Gasteiger partial charge in [0.25, 0.3) is 5.56 Å². The van der Waals surface area contributed by atoms with Crippen LogP contribution >= 0.6 is 11.6 Å². The normalized spacial score (nSPS) is 10.5. The van der Waals surface area contributed by atoms with E-state index in [0.29, 0.717) is 27.8 Å². The standard InChI is InChI=1S/C16H12ClN5O/c1-9-12(6-18)8-20-16(21-9)19-7-11-4-10-5-13(17)2-3-14(10)22-15(11)23/h2-5,8H,7H2,1H3,(H,22,23)(H,19,20,21). The molecule has 3 rings (SSSR count). The Morgan fingerprint density at radius 1 is 1.39 bits per heavy atom. The first kappa shape index (κ1) is 15.0. The number of aryl methyl sites for hydroxylation is 1. The summed E-state index contributed by atoms with van der Waals surface area (Å²) in [5.41, 5.74) is 2.11. The second-order valence-corrected chi connectivity index (χ2v) is 5.45. The molecule has 0 aliphatic rings. The fourth-order valence-electron chi connectivity index (χ4n) is 2.19. The summed E-state index contributed by atoms with van der Waals surface area (Å²) < 4.78 is 0. The third-order valence-corrected chi connectivity index (χ3v) is 3.66. The van der Waals surface area contributed by atoms with Gasteiger partial charge in [0.15, 0.2) is 0 Å². The first-order chi connectivity index (χ1) is 11.1. The Hall–Kier alpha value is -2.91. The molecule has 2 aromatic heterocycles. The van der Waals surface area contributed by atoms with Crippen molar-refractivity contribution in [1.82, 2.24) is 15.0 Å². The lowest BCUT2D eigenvalue weighted by atomic mass is 10.1. The molecular weight excluding hydrogens is 314 g/mol. The molecule has 0 bridgehead atoms. The molecule has 2 N–H and O–H groups in total. The minimum absolute atomic E-state index is 0.183. The van der Waals surface area contributed by atoms with Crippen LogP contribution in [0.15, 0.2) is 35.3 Å². The van der Waals surface area contributed by atoms with Crippen molar-refractivity contribution in [1.29, 1.82) is 5.26 Å². The number of anilines is 1. The van der Waals surface area contributed by atoms with Crippen molar-refractivity contribution in [3.8, 4) is 6.07 Å². The Morgan fingerprint density at radius 3 is 2.96 bits per heavy atom. The molecule has 1 aromatic carbocycles. The van der Waals surface area contributed by atoms with Crippen LogP contribution in [0.4, 0.5) is 5.95 Å². The highest BCUT2D eigenvalue weighted by atomic mass is 35.5. The van der Waals surface area contributed by atoms with Gasteiger partial charge in [-0.3, -0.25) is 4.79 Å². The highest BCUT2D eigenvalue weighted by Gasteiger charge is 2.06. The summed E-state index contributed by atoms with van der Waals surface area (Å²) >= 11 is 5.98. The van der Waals surface area contributed by atoms with Crippen LogP contribution in [0.5, 0.6) is 0 Å². The lowest BCUT2D eigenvalue weighted by Crippen LogP contribution is -2.16. The van der Waals surface area contributed by atoms with Crippen molar-refractivity contribution in [3.63, 3.8) is 0 Å². The van der Waals surface area contributed by atoms with Crippen molar-refractivity contribution < 1.29 is 0 Å². The van der Waals surface area contributed by atoms with Crippen molar-refractivity contribution in [2.24, 2.45) is 0 Å². The van der Waals surface area contributed by atoms with Gasteiger partial charge in [-0.1, -0.05) is 11.6 Å².